The lowest BCUT2D eigenvalue weighted by Gasteiger charge is -2.25. The van der Waals surface area contributed by atoms with Crippen LogP contribution in [0.25, 0.3) is 0 Å². The molecule has 1 rings (SSSR count). The minimum absolute atomic E-state index is 0.328. The third-order valence-corrected chi connectivity index (χ3v) is 1.70. The van der Waals surface area contributed by atoms with Crippen LogP contribution in [-0.2, 0) is 4.74 Å². The predicted molar refractivity (Wildman–Crippen MR) is 41.8 cm³/mol. The molecule has 0 bridgehead atoms. The predicted octanol–water partition coefficient (Wildman–Crippen LogP) is 1.37. The molecule has 1 fully saturated rings. The zero-order valence-corrected chi connectivity index (χ0v) is 6.89. The number of hydrogen-bond acceptors (Lipinski definition) is 2. The van der Waals surface area contributed by atoms with Gasteiger partial charge in [-0.15, -0.1) is 0 Å². The summed E-state index contributed by atoms with van der Waals surface area (Å²) in [5.74, 6) is 0.732. The van der Waals surface area contributed by atoms with Crippen LogP contribution in [-0.4, -0.2) is 19.4 Å². The van der Waals surface area contributed by atoms with E-state index in [9.17, 15) is 0 Å². The van der Waals surface area contributed by atoms with Gasteiger partial charge in [-0.2, -0.15) is 0 Å². The standard InChI is InChI=1S/C8H17NO/c1-7(2)6-8-9-4-3-5-10-8/h7-9H,3-6H2,1-2H3. The molecule has 1 atom stereocenters. The molecule has 1 aliphatic heterocycles. The van der Waals surface area contributed by atoms with Gasteiger partial charge in [0, 0.05) is 6.61 Å². The minimum Gasteiger partial charge on any atom is -0.363 e. The molecule has 0 aromatic carbocycles. The first-order chi connectivity index (χ1) is 4.79. The zero-order chi connectivity index (χ0) is 7.40. The van der Waals surface area contributed by atoms with Crippen molar-refractivity contribution in [2.24, 2.45) is 5.92 Å². The number of nitrogens with one attached hydrogen (secondary N) is 1. The second kappa shape index (κ2) is 3.94. The van der Waals surface area contributed by atoms with Crippen LogP contribution in [0.15, 0.2) is 0 Å². The fraction of sp³-hybridized carbons (Fsp3) is 1.00. The molecule has 60 valence electrons. The lowest BCUT2D eigenvalue weighted by atomic mass is 10.1. The molecule has 0 radical (unpaired) electrons. The third kappa shape index (κ3) is 2.67. The average molecular weight is 143 g/mol. The van der Waals surface area contributed by atoms with Gasteiger partial charge in [0.05, 0.1) is 0 Å². The van der Waals surface area contributed by atoms with Gasteiger partial charge >= 0.3 is 0 Å². The fourth-order valence-corrected chi connectivity index (χ4v) is 1.20. The van der Waals surface area contributed by atoms with E-state index in [1.165, 1.54) is 0 Å². The van der Waals surface area contributed by atoms with Crippen molar-refractivity contribution in [1.82, 2.24) is 5.32 Å². The topological polar surface area (TPSA) is 21.3 Å². The van der Waals surface area contributed by atoms with Crippen molar-refractivity contribution >= 4 is 0 Å². The first kappa shape index (κ1) is 8.02. The maximum atomic E-state index is 5.48. The van der Waals surface area contributed by atoms with E-state index >= 15 is 0 Å². The van der Waals surface area contributed by atoms with Crippen molar-refractivity contribution < 1.29 is 4.74 Å². The van der Waals surface area contributed by atoms with Crippen LogP contribution in [0.3, 0.4) is 0 Å². The van der Waals surface area contributed by atoms with E-state index < -0.39 is 0 Å². The highest BCUT2D eigenvalue weighted by Gasteiger charge is 2.13. The summed E-state index contributed by atoms with van der Waals surface area (Å²) in [6.45, 7) is 6.50. The van der Waals surface area contributed by atoms with Crippen LogP contribution >= 0.6 is 0 Å². The summed E-state index contributed by atoms with van der Waals surface area (Å²) in [5.41, 5.74) is 0. The van der Waals surface area contributed by atoms with Gasteiger partial charge < -0.3 is 4.74 Å². The molecule has 1 saturated heterocycles. The molecule has 0 spiro atoms. The molecule has 1 unspecified atom stereocenters. The summed E-state index contributed by atoms with van der Waals surface area (Å²) >= 11 is 0. The van der Waals surface area contributed by atoms with Gasteiger partial charge in [0.2, 0.25) is 0 Å². The lowest BCUT2D eigenvalue weighted by Crippen LogP contribution is -2.38. The van der Waals surface area contributed by atoms with Gasteiger partial charge in [-0.05, 0) is 25.3 Å². The van der Waals surface area contributed by atoms with Crippen molar-refractivity contribution in [2.45, 2.75) is 32.9 Å². The largest absolute Gasteiger partial charge is 0.363 e. The van der Waals surface area contributed by atoms with Crippen molar-refractivity contribution in [3.63, 3.8) is 0 Å². The monoisotopic (exact) mass is 143 g/mol. The molecule has 2 heteroatoms. The number of rotatable bonds is 2. The number of ether oxygens (including phenoxy) is 1. The van der Waals surface area contributed by atoms with Crippen LogP contribution in [0.2, 0.25) is 0 Å². The van der Waals surface area contributed by atoms with Gasteiger partial charge in [0.15, 0.2) is 0 Å². The van der Waals surface area contributed by atoms with E-state index in [-0.39, 0.29) is 0 Å². The molecule has 0 aromatic heterocycles. The Morgan fingerprint density at radius 2 is 2.40 bits per heavy atom. The summed E-state index contributed by atoms with van der Waals surface area (Å²) in [4.78, 5) is 0. The van der Waals surface area contributed by atoms with Crippen LogP contribution in [0, 0.1) is 5.92 Å². The van der Waals surface area contributed by atoms with Gasteiger partial charge in [-0.1, -0.05) is 13.8 Å². The van der Waals surface area contributed by atoms with Crippen LogP contribution in [0.4, 0.5) is 0 Å². The Balaban J connectivity index is 2.13. The van der Waals surface area contributed by atoms with Crippen molar-refractivity contribution in [3.8, 4) is 0 Å². The average Bonchev–Trinajstić information content (AvgIpc) is 1.88. The van der Waals surface area contributed by atoms with E-state index in [0.717, 1.165) is 31.9 Å². The zero-order valence-electron chi connectivity index (χ0n) is 6.89. The van der Waals surface area contributed by atoms with E-state index in [1.54, 1.807) is 0 Å². The summed E-state index contributed by atoms with van der Waals surface area (Å²) in [6.07, 6.45) is 2.63. The SMILES string of the molecule is CC(C)CC1NCCCO1. The summed E-state index contributed by atoms with van der Waals surface area (Å²) in [7, 11) is 0. The van der Waals surface area contributed by atoms with Crippen LogP contribution in [0.1, 0.15) is 26.7 Å². The Labute approximate surface area is 63.0 Å². The second-order valence-corrected chi connectivity index (χ2v) is 3.30. The maximum Gasteiger partial charge on any atom is 0.108 e. The van der Waals surface area contributed by atoms with Gasteiger partial charge in [0.1, 0.15) is 6.23 Å². The van der Waals surface area contributed by atoms with Crippen molar-refractivity contribution in [3.05, 3.63) is 0 Å². The second-order valence-electron chi connectivity index (χ2n) is 3.30. The van der Waals surface area contributed by atoms with Gasteiger partial charge in [0.25, 0.3) is 0 Å². The summed E-state index contributed by atoms with van der Waals surface area (Å²) in [6, 6.07) is 0. The Hall–Kier alpha value is -0.0800. The first-order valence-electron chi connectivity index (χ1n) is 4.14. The maximum absolute atomic E-state index is 5.48. The Bertz CT molecular complexity index is 87.3. The van der Waals surface area contributed by atoms with Crippen LogP contribution in [0.5, 0.6) is 0 Å². The van der Waals surface area contributed by atoms with Gasteiger partial charge in [-0.3, -0.25) is 5.32 Å². The Morgan fingerprint density at radius 1 is 1.60 bits per heavy atom. The molecule has 2 nitrogen and oxygen atoms in total. The molecule has 1 aliphatic rings. The fourth-order valence-electron chi connectivity index (χ4n) is 1.20. The first-order valence-corrected chi connectivity index (χ1v) is 4.14. The van der Waals surface area contributed by atoms with Crippen molar-refractivity contribution in [2.75, 3.05) is 13.2 Å². The molecule has 0 saturated carbocycles. The smallest absolute Gasteiger partial charge is 0.108 e. The molecule has 1 heterocycles. The van der Waals surface area contributed by atoms with E-state index in [4.69, 9.17) is 4.74 Å². The normalized spacial score (nSPS) is 27.3. The van der Waals surface area contributed by atoms with E-state index in [2.05, 4.69) is 19.2 Å². The minimum atomic E-state index is 0.328. The number of hydrogen-bond donors (Lipinski definition) is 1. The molecule has 0 amide bonds. The van der Waals surface area contributed by atoms with Crippen LogP contribution < -0.4 is 5.32 Å². The van der Waals surface area contributed by atoms with Gasteiger partial charge in [-0.25, -0.2) is 0 Å². The quantitative estimate of drug-likeness (QED) is 0.630. The molecular formula is C8H17NO. The highest BCUT2D eigenvalue weighted by molar-refractivity contribution is 4.62. The molecule has 0 aromatic rings. The Kier molecular flexibility index (Phi) is 3.16. The third-order valence-electron chi connectivity index (χ3n) is 1.70. The van der Waals surface area contributed by atoms with Crippen molar-refractivity contribution in [1.29, 1.82) is 0 Å². The summed E-state index contributed by atoms with van der Waals surface area (Å²) in [5, 5.41) is 3.33. The lowest BCUT2D eigenvalue weighted by molar-refractivity contribution is -0.0106. The Morgan fingerprint density at radius 3 is 2.90 bits per heavy atom. The molecular weight excluding hydrogens is 126 g/mol. The molecule has 0 aliphatic carbocycles. The highest BCUT2D eigenvalue weighted by Crippen LogP contribution is 2.08. The molecule has 1 N–H and O–H groups in total. The van der Waals surface area contributed by atoms with E-state index in [1.807, 2.05) is 0 Å². The molecule has 10 heavy (non-hydrogen) atoms. The highest BCUT2D eigenvalue weighted by atomic mass is 16.5. The summed E-state index contributed by atoms with van der Waals surface area (Å²) < 4.78 is 5.48. The van der Waals surface area contributed by atoms with E-state index in [0.29, 0.717) is 6.23 Å².